The molecular weight excluding hydrogens is 318 g/mol. The van der Waals surface area contributed by atoms with Gasteiger partial charge < -0.3 is 4.74 Å². The van der Waals surface area contributed by atoms with Gasteiger partial charge in [0.1, 0.15) is 10.6 Å². The second-order valence-corrected chi connectivity index (χ2v) is 8.48. The smallest absolute Gasteiger partial charge is 0.271 e. The SMILES string of the molecule is Cc1cc([N+](=O)[O-])cc(S(=O)(=O)Cl)c1OCCC(C)(C)C. The molecule has 0 unspecified atom stereocenters. The van der Waals surface area contributed by atoms with E-state index in [1.54, 1.807) is 6.92 Å². The molecule has 0 bridgehead atoms. The zero-order valence-electron chi connectivity index (χ0n) is 12.3. The molecule has 0 aliphatic rings. The van der Waals surface area contributed by atoms with Gasteiger partial charge in [-0.3, -0.25) is 10.1 Å². The fraction of sp³-hybridized carbons (Fsp3) is 0.538. The number of hydrogen-bond donors (Lipinski definition) is 0. The maximum Gasteiger partial charge on any atom is 0.271 e. The Labute approximate surface area is 128 Å². The molecule has 1 aromatic carbocycles. The molecule has 118 valence electrons. The van der Waals surface area contributed by atoms with Gasteiger partial charge in [0.15, 0.2) is 0 Å². The van der Waals surface area contributed by atoms with Crippen LogP contribution in [0.2, 0.25) is 0 Å². The molecule has 0 atom stereocenters. The number of aryl methyl sites for hydroxylation is 1. The van der Waals surface area contributed by atoms with Crippen molar-refractivity contribution in [2.45, 2.75) is 39.0 Å². The van der Waals surface area contributed by atoms with Gasteiger partial charge in [0.05, 0.1) is 11.5 Å². The molecule has 0 radical (unpaired) electrons. The Morgan fingerprint density at radius 3 is 2.33 bits per heavy atom. The number of nitrogens with zero attached hydrogens (tertiary/aromatic N) is 1. The predicted molar refractivity (Wildman–Crippen MR) is 80.4 cm³/mol. The Kier molecular flexibility index (Phi) is 5.22. The minimum Gasteiger partial charge on any atom is -0.492 e. The van der Waals surface area contributed by atoms with E-state index in [0.717, 1.165) is 6.07 Å². The molecule has 1 aromatic rings. The van der Waals surface area contributed by atoms with Crippen LogP contribution in [0.25, 0.3) is 0 Å². The Hall–Kier alpha value is -1.34. The molecule has 21 heavy (non-hydrogen) atoms. The largest absolute Gasteiger partial charge is 0.492 e. The first-order valence-corrected chi connectivity index (χ1v) is 8.59. The van der Waals surface area contributed by atoms with Crippen molar-refractivity contribution in [1.29, 1.82) is 0 Å². The number of halogens is 1. The second-order valence-electron chi connectivity index (χ2n) is 5.94. The van der Waals surface area contributed by atoms with E-state index in [1.165, 1.54) is 6.07 Å². The van der Waals surface area contributed by atoms with Crippen molar-refractivity contribution in [1.82, 2.24) is 0 Å². The summed E-state index contributed by atoms with van der Waals surface area (Å²) in [7, 11) is 1.22. The van der Waals surface area contributed by atoms with Crippen LogP contribution < -0.4 is 4.74 Å². The monoisotopic (exact) mass is 335 g/mol. The zero-order chi connectivity index (χ0) is 16.4. The van der Waals surface area contributed by atoms with Crippen LogP contribution in [-0.2, 0) is 9.05 Å². The van der Waals surface area contributed by atoms with E-state index in [0.29, 0.717) is 18.6 Å². The van der Waals surface area contributed by atoms with Crippen LogP contribution in [0.5, 0.6) is 5.75 Å². The van der Waals surface area contributed by atoms with Crippen LogP contribution >= 0.6 is 10.7 Å². The quantitative estimate of drug-likeness (QED) is 0.465. The van der Waals surface area contributed by atoms with Crippen molar-refractivity contribution in [2.24, 2.45) is 5.41 Å². The van der Waals surface area contributed by atoms with Crippen LogP contribution in [0.15, 0.2) is 17.0 Å². The Morgan fingerprint density at radius 2 is 1.90 bits per heavy atom. The van der Waals surface area contributed by atoms with Gasteiger partial charge in [-0.2, -0.15) is 0 Å². The zero-order valence-corrected chi connectivity index (χ0v) is 13.9. The Bertz CT molecular complexity index is 649. The molecule has 0 aromatic heterocycles. The molecule has 0 aliphatic carbocycles. The van der Waals surface area contributed by atoms with Crippen LogP contribution in [0.4, 0.5) is 5.69 Å². The summed E-state index contributed by atoms with van der Waals surface area (Å²) in [5, 5.41) is 10.8. The third-order valence-corrected chi connectivity index (χ3v) is 4.12. The van der Waals surface area contributed by atoms with Crippen LogP contribution in [0, 0.1) is 22.5 Å². The molecule has 1 rings (SSSR count). The lowest BCUT2D eigenvalue weighted by Crippen LogP contribution is -2.12. The average Bonchev–Trinajstić information content (AvgIpc) is 2.27. The number of ether oxygens (including phenoxy) is 1. The predicted octanol–water partition coefficient (Wildman–Crippen LogP) is 3.65. The summed E-state index contributed by atoms with van der Waals surface area (Å²) < 4.78 is 28.7. The number of nitro groups is 1. The Morgan fingerprint density at radius 1 is 1.33 bits per heavy atom. The van der Waals surface area contributed by atoms with Crippen molar-refractivity contribution < 1.29 is 18.1 Å². The molecule has 8 heteroatoms. The first kappa shape index (κ1) is 17.7. The topological polar surface area (TPSA) is 86.5 Å². The summed E-state index contributed by atoms with van der Waals surface area (Å²) in [6.45, 7) is 7.92. The third-order valence-electron chi connectivity index (χ3n) is 2.80. The fourth-order valence-electron chi connectivity index (χ4n) is 1.65. The van der Waals surface area contributed by atoms with Gasteiger partial charge in [0, 0.05) is 22.8 Å². The minimum absolute atomic E-state index is 0.0225. The second kappa shape index (κ2) is 6.19. The summed E-state index contributed by atoms with van der Waals surface area (Å²) >= 11 is 0. The third kappa shape index (κ3) is 5.17. The van der Waals surface area contributed by atoms with Gasteiger partial charge in [-0.25, -0.2) is 8.42 Å². The first-order chi connectivity index (χ1) is 9.42. The molecule has 0 heterocycles. The van der Waals surface area contributed by atoms with Crippen molar-refractivity contribution in [3.05, 3.63) is 27.8 Å². The van der Waals surface area contributed by atoms with Gasteiger partial charge in [-0.15, -0.1) is 0 Å². The van der Waals surface area contributed by atoms with Crippen molar-refractivity contribution in [3.63, 3.8) is 0 Å². The molecule has 0 amide bonds. The van der Waals surface area contributed by atoms with E-state index in [9.17, 15) is 18.5 Å². The normalized spacial score (nSPS) is 12.2. The van der Waals surface area contributed by atoms with E-state index in [2.05, 4.69) is 0 Å². The summed E-state index contributed by atoms with van der Waals surface area (Å²) in [6, 6.07) is 2.18. The van der Waals surface area contributed by atoms with Crippen LogP contribution in [0.3, 0.4) is 0 Å². The highest BCUT2D eigenvalue weighted by atomic mass is 35.7. The molecule has 0 saturated heterocycles. The summed E-state index contributed by atoms with van der Waals surface area (Å²) in [6.07, 6.45) is 0.700. The molecule has 0 spiro atoms. The molecule has 0 aliphatic heterocycles. The van der Waals surface area contributed by atoms with Gasteiger partial charge in [0.2, 0.25) is 0 Å². The van der Waals surface area contributed by atoms with Crippen molar-refractivity contribution in [3.8, 4) is 5.75 Å². The minimum atomic E-state index is -4.14. The standard InChI is InChI=1S/C13H18ClNO5S/c1-9-7-10(15(16)17)8-11(21(14,18)19)12(9)20-6-5-13(2,3)4/h7-8H,5-6H2,1-4H3. The number of nitro benzene ring substituents is 1. The molecule has 0 saturated carbocycles. The first-order valence-electron chi connectivity index (χ1n) is 6.28. The lowest BCUT2D eigenvalue weighted by molar-refractivity contribution is -0.385. The summed E-state index contributed by atoms with van der Waals surface area (Å²) in [5.74, 6) is 0.0693. The van der Waals surface area contributed by atoms with Crippen molar-refractivity contribution in [2.75, 3.05) is 6.61 Å². The van der Waals surface area contributed by atoms with Gasteiger partial charge in [-0.05, 0) is 24.3 Å². The van der Waals surface area contributed by atoms with E-state index in [4.69, 9.17) is 15.4 Å². The summed E-state index contributed by atoms with van der Waals surface area (Å²) in [5.41, 5.74) is 0.0431. The van der Waals surface area contributed by atoms with E-state index in [1.807, 2.05) is 20.8 Å². The van der Waals surface area contributed by atoms with Crippen molar-refractivity contribution >= 4 is 25.4 Å². The van der Waals surface area contributed by atoms with Gasteiger partial charge >= 0.3 is 0 Å². The van der Waals surface area contributed by atoms with Crippen LogP contribution in [0.1, 0.15) is 32.8 Å². The number of non-ortho nitro benzene ring substituents is 1. The lowest BCUT2D eigenvalue weighted by atomic mass is 9.93. The molecule has 6 nitrogen and oxygen atoms in total. The number of hydrogen-bond acceptors (Lipinski definition) is 5. The molecular formula is C13H18ClNO5S. The van der Waals surface area contributed by atoms with Gasteiger partial charge in [0.25, 0.3) is 14.7 Å². The highest BCUT2D eigenvalue weighted by Crippen LogP contribution is 2.35. The molecule has 0 N–H and O–H groups in total. The highest BCUT2D eigenvalue weighted by molar-refractivity contribution is 8.13. The number of benzene rings is 1. The maximum atomic E-state index is 11.6. The lowest BCUT2D eigenvalue weighted by Gasteiger charge is -2.19. The van der Waals surface area contributed by atoms with E-state index >= 15 is 0 Å². The van der Waals surface area contributed by atoms with E-state index < -0.39 is 14.0 Å². The average molecular weight is 336 g/mol. The van der Waals surface area contributed by atoms with E-state index in [-0.39, 0.29) is 21.7 Å². The Balaban J connectivity index is 3.21. The summed E-state index contributed by atoms with van der Waals surface area (Å²) in [4.78, 5) is 9.78. The van der Waals surface area contributed by atoms with Crippen LogP contribution in [-0.4, -0.2) is 19.9 Å². The fourth-order valence-corrected chi connectivity index (χ4v) is 2.70. The maximum absolute atomic E-state index is 11.6. The highest BCUT2D eigenvalue weighted by Gasteiger charge is 2.24. The van der Waals surface area contributed by atoms with Gasteiger partial charge in [-0.1, -0.05) is 20.8 Å². The molecule has 0 fully saturated rings. The number of rotatable bonds is 5.